The minimum Gasteiger partial charge on any atom is -0.448 e. The van der Waals surface area contributed by atoms with Gasteiger partial charge in [-0.25, -0.2) is 4.98 Å². The first kappa shape index (κ1) is 12.6. The summed E-state index contributed by atoms with van der Waals surface area (Å²) in [5.41, 5.74) is 6.51. The van der Waals surface area contributed by atoms with Gasteiger partial charge in [0.05, 0.1) is 5.69 Å². The third kappa shape index (κ3) is 3.07. The van der Waals surface area contributed by atoms with Crippen LogP contribution in [0.3, 0.4) is 0 Å². The molecule has 1 fully saturated rings. The van der Waals surface area contributed by atoms with Crippen LogP contribution in [0.25, 0.3) is 0 Å². The Morgan fingerprint density at radius 3 is 2.76 bits per heavy atom. The summed E-state index contributed by atoms with van der Waals surface area (Å²) in [6.45, 7) is 7.45. The van der Waals surface area contributed by atoms with Crippen molar-refractivity contribution in [3.8, 4) is 0 Å². The Labute approximate surface area is 103 Å². The lowest BCUT2D eigenvalue weighted by molar-refractivity contribution is 0.163. The first-order valence-corrected chi connectivity index (χ1v) is 6.59. The quantitative estimate of drug-likeness (QED) is 0.867. The predicted octanol–water partition coefficient (Wildman–Crippen LogP) is 1.76. The van der Waals surface area contributed by atoms with Crippen LogP contribution in [-0.4, -0.2) is 35.6 Å². The molecule has 96 valence electrons. The molecule has 2 N–H and O–H groups in total. The molecule has 0 unspecified atom stereocenters. The number of nitrogens with two attached hydrogens (primary N) is 1. The van der Waals surface area contributed by atoms with E-state index in [0.29, 0.717) is 18.5 Å². The molecular weight excluding hydrogens is 214 g/mol. The second-order valence-corrected chi connectivity index (χ2v) is 5.12. The number of hydrogen-bond donors (Lipinski definition) is 1. The van der Waals surface area contributed by atoms with Gasteiger partial charge in [0.2, 0.25) is 0 Å². The maximum absolute atomic E-state index is 5.57. The van der Waals surface area contributed by atoms with Gasteiger partial charge >= 0.3 is 0 Å². The van der Waals surface area contributed by atoms with Crippen LogP contribution < -0.4 is 5.73 Å². The number of rotatable bonds is 4. The molecule has 4 nitrogen and oxygen atoms in total. The lowest BCUT2D eigenvalue weighted by Gasteiger charge is -2.33. The van der Waals surface area contributed by atoms with E-state index >= 15 is 0 Å². The van der Waals surface area contributed by atoms with E-state index in [-0.39, 0.29) is 0 Å². The van der Waals surface area contributed by atoms with Crippen molar-refractivity contribution in [2.24, 2.45) is 5.73 Å². The smallest absolute Gasteiger partial charge is 0.197 e. The molecule has 0 saturated carbocycles. The maximum atomic E-state index is 5.57. The van der Waals surface area contributed by atoms with Crippen molar-refractivity contribution in [2.75, 3.05) is 19.6 Å². The highest BCUT2D eigenvalue weighted by molar-refractivity contribution is 5.02. The summed E-state index contributed by atoms with van der Waals surface area (Å²) in [6, 6.07) is 0.647. The van der Waals surface area contributed by atoms with Crippen LogP contribution in [0.4, 0.5) is 0 Å². The molecule has 17 heavy (non-hydrogen) atoms. The molecule has 0 spiro atoms. The van der Waals surface area contributed by atoms with Crippen LogP contribution in [0.2, 0.25) is 0 Å². The molecule has 0 atom stereocenters. The number of piperidine rings is 1. The number of hydrogen-bond acceptors (Lipinski definition) is 4. The fourth-order valence-corrected chi connectivity index (χ4v) is 2.44. The van der Waals surface area contributed by atoms with Gasteiger partial charge < -0.3 is 15.1 Å². The maximum Gasteiger partial charge on any atom is 0.197 e. The van der Waals surface area contributed by atoms with Gasteiger partial charge in [0.1, 0.15) is 6.26 Å². The molecule has 2 rings (SSSR count). The van der Waals surface area contributed by atoms with Gasteiger partial charge in [0, 0.05) is 18.4 Å². The summed E-state index contributed by atoms with van der Waals surface area (Å²) in [5, 5.41) is 0. The Kier molecular flexibility index (Phi) is 4.18. The number of nitrogens with zero attached hydrogens (tertiary/aromatic N) is 2. The van der Waals surface area contributed by atoms with Crippen LogP contribution in [-0.2, 0) is 6.42 Å². The SMILES string of the molecule is CC(C)N1CCC(c2nc(CCN)co2)CC1. The lowest BCUT2D eigenvalue weighted by Crippen LogP contribution is -2.37. The molecule has 0 aromatic carbocycles. The van der Waals surface area contributed by atoms with Crippen molar-refractivity contribution in [1.29, 1.82) is 0 Å². The fourth-order valence-electron chi connectivity index (χ4n) is 2.44. The first-order valence-electron chi connectivity index (χ1n) is 6.59. The second-order valence-electron chi connectivity index (χ2n) is 5.12. The van der Waals surface area contributed by atoms with Crippen molar-refractivity contribution in [1.82, 2.24) is 9.88 Å². The molecule has 0 amide bonds. The zero-order valence-corrected chi connectivity index (χ0v) is 10.9. The molecule has 2 heterocycles. The van der Waals surface area contributed by atoms with E-state index in [1.165, 1.54) is 0 Å². The third-order valence-corrected chi connectivity index (χ3v) is 3.58. The van der Waals surface area contributed by atoms with Gasteiger partial charge in [-0.3, -0.25) is 0 Å². The molecule has 1 aliphatic rings. The van der Waals surface area contributed by atoms with E-state index in [9.17, 15) is 0 Å². The molecule has 0 radical (unpaired) electrons. The number of oxazole rings is 1. The van der Waals surface area contributed by atoms with Gasteiger partial charge in [-0.05, 0) is 46.3 Å². The Bertz CT molecular complexity index is 340. The van der Waals surface area contributed by atoms with Gasteiger partial charge in [0.15, 0.2) is 5.89 Å². The van der Waals surface area contributed by atoms with Crippen molar-refractivity contribution in [3.63, 3.8) is 0 Å². The van der Waals surface area contributed by atoms with Gasteiger partial charge in [-0.1, -0.05) is 0 Å². The Balaban J connectivity index is 1.91. The molecule has 4 heteroatoms. The standard InChI is InChI=1S/C13H23N3O/c1-10(2)16-7-4-11(5-8-16)13-15-12(3-6-14)9-17-13/h9-11H,3-8,14H2,1-2H3. The van der Waals surface area contributed by atoms with Crippen molar-refractivity contribution >= 4 is 0 Å². The summed E-state index contributed by atoms with van der Waals surface area (Å²) in [5.74, 6) is 1.41. The normalized spacial score (nSPS) is 19.1. The van der Waals surface area contributed by atoms with Crippen molar-refractivity contribution in [2.45, 2.75) is 45.1 Å². The van der Waals surface area contributed by atoms with Crippen LogP contribution in [0.5, 0.6) is 0 Å². The number of likely N-dealkylation sites (tertiary alicyclic amines) is 1. The van der Waals surface area contributed by atoms with E-state index in [1.807, 2.05) is 0 Å². The molecule has 1 aromatic rings. The molecule has 0 bridgehead atoms. The zero-order chi connectivity index (χ0) is 12.3. The monoisotopic (exact) mass is 237 g/mol. The van der Waals surface area contributed by atoms with E-state index in [4.69, 9.17) is 10.2 Å². The van der Waals surface area contributed by atoms with Gasteiger partial charge in [0.25, 0.3) is 0 Å². The Hall–Kier alpha value is -0.870. The Morgan fingerprint density at radius 2 is 2.18 bits per heavy atom. The highest BCUT2D eigenvalue weighted by Crippen LogP contribution is 2.28. The van der Waals surface area contributed by atoms with Crippen LogP contribution in [0.1, 0.15) is 44.2 Å². The van der Waals surface area contributed by atoms with E-state index in [2.05, 4.69) is 23.7 Å². The van der Waals surface area contributed by atoms with Gasteiger partial charge in [-0.2, -0.15) is 0 Å². The summed E-state index contributed by atoms with van der Waals surface area (Å²) in [4.78, 5) is 7.04. The minimum atomic E-state index is 0.497. The number of aromatic nitrogens is 1. The highest BCUT2D eigenvalue weighted by Gasteiger charge is 2.25. The van der Waals surface area contributed by atoms with E-state index in [1.54, 1.807) is 6.26 Å². The zero-order valence-electron chi connectivity index (χ0n) is 10.9. The molecule has 0 aliphatic carbocycles. The fraction of sp³-hybridized carbons (Fsp3) is 0.769. The Morgan fingerprint density at radius 1 is 1.47 bits per heavy atom. The summed E-state index contributed by atoms with van der Waals surface area (Å²) < 4.78 is 5.57. The lowest BCUT2D eigenvalue weighted by atomic mass is 9.96. The van der Waals surface area contributed by atoms with Crippen molar-refractivity contribution in [3.05, 3.63) is 17.8 Å². The average Bonchev–Trinajstić information content (AvgIpc) is 2.78. The average molecular weight is 237 g/mol. The summed E-state index contributed by atoms with van der Waals surface area (Å²) in [6.07, 6.45) is 4.88. The van der Waals surface area contributed by atoms with Gasteiger partial charge in [-0.15, -0.1) is 0 Å². The second kappa shape index (κ2) is 5.65. The highest BCUT2D eigenvalue weighted by atomic mass is 16.3. The van der Waals surface area contributed by atoms with E-state index < -0.39 is 0 Å². The molecule has 1 aromatic heterocycles. The largest absolute Gasteiger partial charge is 0.448 e. The minimum absolute atomic E-state index is 0.497. The van der Waals surface area contributed by atoms with E-state index in [0.717, 1.165) is 43.9 Å². The molecular formula is C13H23N3O. The van der Waals surface area contributed by atoms with Crippen LogP contribution in [0.15, 0.2) is 10.7 Å². The van der Waals surface area contributed by atoms with Crippen LogP contribution in [0, 0.1) is 0 Å². The molecule has 1 aliphatic heterocycles. The predicted molar refractivity (Wildman–Crippen MR) is 67.9 cm³/mol. The summed E-state index contributed by atoms with van der Waals surface area (Å²) in [7, 11) is 0. The first-order chi connectivity index (χ1) is 8.20. The topological polar surface area (TPSA) is 55.3 Å². The molecule has 1 saturated heterocycles. The van der Waals surface area contributed by atoms with Crippen molar-refractivity contribution < 1.29 is 4.42 Å². The third-order valence-electron chi connectivity index (χ3n) is 3.58. The summed E-state index contributed by atoms with van der Waals surface area (Å²) >= 11 is 0. The van der Waals surface area contributed by atoms with Crippen LogP contribution >= 0.6 is 0 Å².